The summed E-state index contributed by atoms with van der Waals surface area (Å²) < 4.78 is 20.2. The zero-order valence-corrected chi connectivity index (χ0v) is 22.4. The Balaban J connectivity index is 1.44. The van der Waals surface area contributed by atoms with E-state index >= 15 is 0 Å². The van der Waals surface area contributed by atoms with Crippen LogP contribution in [-0.2, 0) is 28.6 Å². The van der Waals surface area contributed by atoms with Gasteiger partial charge in [0.25, 0.3) is 0 Å². The molecule has 1 aliphatic heterocycles. The lowest BCUT2D eigenvalue weighted by molar-refractivity contribution is -0.173. The third kappa shape index (κ3) is 8.56. The van der Waals surface area contributed by atoms with Crippen molar-refractivity contribution in [2.75, 3.05) is 20.5 Å². The van der Waals surface area contributed by atoms with Crippen LogP contribution in [0, 0.1) is 16.7 Å². The van der Waals surface area contributed by atoms with Crippen LogP contribution in [0.2, 0.25) is 0 Å². The molecule has 2 amide bonds. The van der Waals surface area contributed by atoms with Crippen molar-refractivity contribution in [3.8, 4) is 16.9 Å². The van der Waals surface area contributed by atoms with Crippen molar-refractivity contribution in [1.82, 2.24) is 10.6 Å². The third-order valence-corrected chi connectivity index (χ3v) is 5.95. The lowest BCUT2D eigenvalue weighted by Gasteiger charge is -2.16. The third-order valence-electron chi connectivity index (χ3n) is 5.95. The number of methoxy groups -OCH3 is 1. The second kappa shape index (κ2) is 12.9. The van der Waals surface area contributed by atoms with E-state index in [1.807, 2.05) is 36.4 Å². The van der Waals surface area contributed by atoms with Gasteiger partial charge in [0.05, 0.1) is 30.9 Å². The van der Waals surface area contributed by atoms with Crippen LogP contribution in [0.25, 0.3) is 11.1 Å². The summed E-state index contributed by atoms with van der Waals surface area (Å²) in [6, 6.07) is 14.3. The van der Waals surface area contributed by atoms with E-state index in [9.17, 15) is 19.2 Å². The van der Waals surface area contributed by atoms with Gasteiger partial charge in [0.15, 0.2) is 0 Å². The van der Waals surface area contributed by atoms with Crippen molar-refractivity contribution in [2.45, 2.75) is 39.7 Å². The number of amides is 2. The van der Waals surface area contributed by atoms with E-state index in [4.69, 9.17) is 19.6 Å². The number of alkyl carbamates (subject to hydrolysis) is 1. The molecular formula is C28H33N3O8. The summed E-state index contributed by atoms with van der Waals surface area (Å²) in [6.45, 7) is 4.84. The second-order valence-electron chi connectivity index (χ2n) is 10.1. The number of benzene rings is 2. The molecule has 0 saturated carbocycles. The number of ether oxygens (including phenoxy) is 4. The normalized spacial score (nSPS) is 16.6. The van der Waals surface area contributed by atoms with Gasteiger partial charge < -0.3 is 24.3 Å². The molecule has 1 heterocycles. The maximum Gasteiger partial charge on any atom is 0.412 e. The summed E-state index contributed by atoms with van der Waals surface area (Å²) in [4.78, 5) is 47.3. The number of carbonyl (C=O) groups excluding carboxylic acids is 4. The molecule has 2 atom stereocenters. The van der Waals surface area contributed by atoms with Crippen LogP contribution < -0.4 is 15.4 Å². The van der Waals surface area contributed by atoms with Gasteiger partial charge in [-0.1, -0.05) is 36.4 Å². The highest BCUT2D eigenvalue weighted by atomic mass is 16.7. The predicted molar refractivity (Wildman–Crippen MR) is 141 cm³/mol. The Bertz CT molecular complexity index is 1200. The molecule has 1 saturated heterocycles. The first-order chi connectivity index (χ1) is 18.5. The van der Waals surface area contributed by atoms with Crippen LogP contribution in [0.1, 0.15) is 39.2 Å². The molecule has 2 aromatic carbocycles. The molecule has 3 rings (SSSR count). The summed E-state index contributed by atoms with van der Waals surface area (Å²) in [5, 5.41) is 13.1. The summed E-state index contributed by atoms with van der Waals surface area (Å²) in [7, 11) is 1.23. The molecule has 39 heavy (non-hydrogen) atoms. The predicted octanol–water partition coefficient (Wildman–Crippen LogP) is 3.40. The molecule has 0 aliphatic carbocycles. The largest absolute Gasteiger partial charge is 0.491 e. The van der Waals surface area contributed by atoms with Crippen molar-refractivity contribution < 1.29 is 38.1 Å². The quantitative estimate of drug-likeness (QED) is 0.190. The van der Waals surface area contributed by atoms with Crippen LogP contribution in [-0.4, -0.2) is 56.3 Å². The Hall–Kier alpha value is -4.41. The van der Waals surface area contributed by atoms with Crippen LogP contribution >= 0.6 is 0 Å². The van der Waals surface area contributed by atoms with E-state index in [1.165, 1.54) is 7.11 Å². The van der Waals surface area contributed by atoms with Gasteiger partial charge in [0.1, 0.15) is 18.2 Å². The van der Waals surface area contributed by atoms with E-state index < -0.39 is 36.2 Å². The highest BCUT2D eigenvalue weighted by Gasteiger charge is 2.34. The highest BCUT2D eigenvalue weighted by molar-refractivity contribution is 6.04. The standard InChI is InChI=1S/C28H33N3O8/c1-28(2,3)26(34)39-16-38-23(32)14-20-13-21(30-25(20)33)15-37-22-11-9-18(10-12-22)17-5-7-19(8-6-17)24(29)31-27(35)36-4/h5-12,20-21H,13-16H2,1-4H3,(H,30,33)(H2,29,31,35)/t20-,21-/m0/s1. The summed E-state index contributed by atoms with van der Waals surface area (Å²) in [6.07, 6.45) is -0.396. The number of nitrogens with one attached hydrogen (secondary N) is 3. The fourth-order valence-electron chi connectivity index (χ4n) is 3.73. The van der Waals surface area contributed by atoms with Crippen LogP contribution in [0.15, 0.2) is 48.5 Å². The van der Waals surface area contributed by atoms with Gasteiger partial charge in [-0.3, -0.25) is 25.1 Å². The maximum absolute atomic E-state index is 12.3. The molecule has 1 aliphatic rings. The molecule has 0 spiro atoms. The van der Waals surface area contributed by atoms with Crippen molar-refractivity contribution in [3.63, 3.8) is 0 Å². The Kier molecular flexibility index (Phi) is 9.64. The zero-order valence-electron chi connectivity index (χ0n) is 22.4. The molecule has 11 heteroatoms. The van der Waals surface area contributed by atoms with Gasteiger partial charge in [-0.25, -0.2) is 4.79 Å². The number of carbonyl (C=O) groups is 4. The van der Waals surface area contributed by atoms with Crippen molar-refractivity contribution in [1.29, 1.82) is 5.41 Å². The Labute approximate surface area is 226 Å². The van der Waals surface area contributed by atoms with E-state index in [0.29, 0.717) is 17.7 Å². The SMILES string of the molecule is COC(=O)NC(=N)c1ccc(-c2ccc(OC[C@@H]3C[C@@H](CC(=O)OCOC(=O)C(C)(C)C)C(=O)N3)cc2)cc1. The van der Waals surface area contributed by atoms with E-state index in [-0.39, 0.29) is 30.8 Å². The molecule has 0 radical (unpaired) electrons. The van der Waals surface area contributed by atoms with Gasteiger partial charge in [0.2, 0.25) is 12.7 Å². The molecule has 2 aromatic rings. The van der Waals surface area contributed by atoms with Gasteiger partial charge >= 0.3 is 18.0 Å². The number of amidine groups is 1. The van der Waals surface area contributed by atoms with Crippen molar-refractivity contribution in [2.24, 2.45) is 11.3 Å². The van der Waals surface area contributed by atoms with Crippen molar-refractivity contribution >= 4 is 29.8 Å². The Morgan fingerprint density at radius 2 is 1.62 bits per heavy atom. The molecule has 1 fully saturated rings. The molecule has 208 valence electrons. The fraction of sp³-hybridized carbons (Fsp3) is 0.393. The van der Waals surface area contributed by atoms with Gasteiger partial charge in [-0.05, 0) is 50.5 Å². The summed E-state index contributed by atoms with van der Waals surface area (Å²) in [5.74, 6) is -1.32. The molecule has 11 nitrogen and oxygen atoms in total. The maximum atomic E-state index is 12.3. The molecule has 3 N–H and O–H groups in total. The monoisotopic (exact) mass is 539 g/mol. The highest BCUT2D eigenvalue weighted by Crippen LogP contribution is 2.25. The van der Waals surface area contributed by atoms with E-state index in [2.05, 4.69) is 15.4 Å². The first-order valence-electron chi connectivity index (χ1n) is 12.4. The lowest BCUT2D eigenvalue weighted by atomic mass is 9.98. The smallest absolute Gasteiger partial charge is 0.412 e. The zero-order chi connectivity index (χ0) is 28.6. The number of rotatable bonds is 9. The minimum Gasteiger partial charge on any atom is -0.491 e. The minimum atomic E-state index is -0.703. The van der Waals surface area contributed by atoms with E-state index in [0.717, 1.165) is 11.1 Å². The summed E-state index contributed by atoms with van der Waals surface area (Å²) in [5.41, 5.74) is 1.69. The van der Waals surface area contributed by atoms with Crippen LogP contribution in [0.3, 0.4) is 0 Å². The first-order valence-corrected chi connectivity index (χ1v) is 12.4. The summed E-state index contributed by atoms with van der Waals surface area (Å²) >= 11 is 0. The lowest BCUT2D eigenvalue weighted by Crippen LogP contribution is -2.31. The van der Waals surface area contributed by atoms with E-state index in [1.54, 1.807) is 32.9 Å². The second-order valence-corrected chi connectivity index (χ2v) is 10.1. The average molecular weight is 540 g/mol. The molecule has 0 aromatic heterocycles. The van der Waals surface area contributed by atoms with Crippen LogP contribution in [0.4, 0.5) is 4.79 Å². The van der Waals surface area contributed by atoms with Gasteiger partial charge in [0, 0.05) is 5.56 Å². The fourth-order valence-corrected chi connectivity index (χ4v) is 3.73. The minimum absolute atomic E-state index is 0.0584. The average Bonchev–Trinajstić information content (AvgIpc) is 3.25. The van der Waals surface area contributed by atoms with Gasteiger partial charge in [-0.15, -0.1) is 0 Å². The molecular weight excluding hydrogens is 506 g/mol. The van der Waals surface area contributed by atoms with Crippen molar-refractivity contribution in [3.05, 3.63) is 54.1 Å². The first kappa shape index (κ1) is 29.2. The number of hydrogen-bond acceptors (Lipinski definition) is 9. The molecule has 0 unspecified atom stereocenters. The topological polar surface area (TPSA) is 153 Å². The van der Waals surface area contributed by atoms with Crippen LogP contribution in [0.5, 0.6) is 5.75 Å². The van der Waals surface area contributed by atoms with Gasteiger partial charge in [-0.2, -0.15) is 0 Å². The molecule has 0 bridgehead atoms. The Morgan fingerprint density at radius 1 is 1.00 bits per heavy atom. The number of esters is 2. The number of hydrogen-bond donors (Lipinski definition) is 3. The Morgan fingerprint density at radius 3 is 2.21 bits per heavy atom.